The summed E-state index contributed by atoms with van der Waals surface area (Å²) >= 11 is 3.46. The number of urea groups is 1. The van der Waals surface area contributed by atoms with E-state index in [2.05, 4.69) is 35.8 Å². The fourth-order valence-electron chi connectivity index (χ4n) is 6.40. The molecule has 1 aromatic carbocycles. The van der Waals surface area contributed by atoms with Gasteiger partial charge in [-0.2, -0.15) is 11.8 Å². The van der Waals surface area contributed by atoms with Gasteiger partial charge in [0.15, 0.2) is 33.6 Å². The molecule has 2 aromatic heterocycles. The highest BCUT2D eigenvalue weighted by atomic mass is 32.2. The van der Waals surface area contributed by atoms with E-state index in [-0.39, 0.29) is 30.8 Å². The number of nitrogen functional groups attached to an aromatic ring is 1. The van der Waals surface area contributed by atoms with E-state index in [9.17, 15) is 9.59 Å². The molecule has 2 fully saturated rings. The number of aromatic nitrogens is 4. The minimum absolute atomic E-state index is 0.0479. The van der Waals surface area contributed by atoms with Crippen LogP contribution in [0.4, 0.5) is 10.6 Å². The van der Waals surface area contributed by atoms with Gasteiger partial charge in [0.2, 0.25) is 12.7 Å². The van der Waals surface area contributed by atoms with Gasteiger partial charge in [-0.05, 0) is 56.8 Å². The molecule has 16 nitrogen and oxygen atoms in total. The van der Waals surface area contributed by atoms with Crippen molar-refractivity contribution in [1.82, 2.24) is 40.8 Å². The van der Waals surface area contributed by atoms with E-state index in [1.54, 1.807) is 11.8 Å². The number of unbranched alkanes of at least 4 members (excludes halogenated alkanes) is 2. The lowest BCUT2D eigenvalue weighted by Gasteiger charge is -2.16. The number of hydrogen-bond acceptors (Lipinski definition) is 14. The van der Waals surface area contributed by atoms with Crippen molar-refractivity contribution in [2.24, 2.45) is 0 Å². The van der Waals surface area contributed by atoms with E-state index in [4.69, 9.17) is 34.4 Å². The summed E-state index contributed by atoms with van der Waals surface area (Å²) in [7, 11) is 0. The zero-order valence-corrected chi connectivity index (χ0v) is 31.9. The molecule has 0 saturated carbocycles. The van der Waals surface area contributed by atoms with E-state index in [0.717, 1.165) is 90.3 Å². The molecule has 290 valence electrons. The average molecular weight is 774 g/mol. The number of thioether (sulfide) groups is 1. The first-order valence-corrected chi connectivity index (χ1v) is 20.3. The molecule has 5 heterocycles. The number of fused-ring (bicyclic) bond motifs is 3. The van der Waals surface area contributed by atoms with Crippen molar-refractivity contribution >= 4 is 52.4 Å². The van der Waals surface area contributed by atoms with Crippen LogP contribution in [-0.4, -0.2) is 121 Å². The number of amides is 3. The Morgan fingerprint density at radius 1 is 1.00 bits per heavy atom. The van der Waals surface area contributed by atoms with Gasteiger partial charge in [-0.15, -0.1) is 0 Å². The zero-order valence-electron chi connectivity index (χ0n) is 30.2. The van der Waals surface area contributed by atoms with E-state index >= 15 is 0 Å². The minimum atomic E-state index is -0.0589. The monoisotopic (exact) mass is 773 g/mol. The van der Waals surface area contributed by atoms with Crippen LogP contribution < -0.4 is 36.5 Å². The molecule has 0 bridgehead atoms. The van der Waals surface area contributed by atoms with Crippen LogP contribution in [-0.2, 0) is 25.5 Å². The Morgan fingerprint density at radius 2 is 1.77 bits per heavy atom. The normalized spacial score (nSPS) is 18.7. The third-order valence-electron chi connectivity index (χ3n) is 9.20. The Kier molecular flexibility index (Phi) is 14.9. The first-order chi connectivity index (χ1) is 26.0. The lowest BCUT2D eigenvalue weighted by Crippen LogP contribution is -2.36. The largest absolute Gasteiger partial charge is 0.454 e. The number of nitrogens with two attached hydrogens (primary N) is 1. The smallest absolute Gasteiger partial charge is 0.315 e. The second-order valence-electron chi connectivity index (χ2n) is 13.1. The van der Waals surface area contributed by atoms with E-state index in [0.29, 0.717) is 69.2 Å². The number of carbonyl (C=O) groups excluding carboxylic acids is 2. The molecule has 53 heavy (non-hydrogen) atoms. The lowest BCUT2D eigenvalue weighted by molar-refractivity contribution is -0.121. The number of nitrogens with one attached hydrogen (secondary N) is 4. The Morgan fingerprint density at radius 3 is 2.60 bits per heavy atom. The summed E-state index contributed by atoms with van der Waals surface area (Å²) in [4.78, 5) is 38.1. The highest BCUT2D eigenvalue weighted by Crippen LogP contribution is 2.41. The predicted octanol–water partition coefficient (Wildman–Crippen LogP) is 2.86. The van der Waals surface area contributed by atoms with Crippen molar-refractivity contribution in [2.75, 3.05) is 77.6 Å². The molecular formula is C35H51N9O7S2. The summed E-state index contributed by atoms with van der Waals surface area (Å²) in [6, 6.07) is 4.39. The van der Waals surface area contributed by atoms with E-state index in [1.807, 2.05) is 30.8 Å². The van der Waals surface area contributed by atoms with Crippen molar-refractivity contribution in [2.45, 2.75) is 79.4 Å². The molecule has 0 radical (unpaired) electrons. The fourth-order valence-corrected chi connectivity index (χ4v) is 8.95. The van der Waals surface area contributed by atoms with Crippen LogP contribution >= 0.6 is 23.5 Å². The van der Waals surface area contributed by atoms with E-state index in [1.165, 1.54) is 6.33 Å². The molecule has 0 spiro atoms. The van der Waals surface area contributed by atoms with Gasteiger partial charge >= 0.3 is 6.03 Å². The van der Waals surface area contributed by atoms with Gasteiger partial charge in [0.05, 0.1) is 51.7 Å². The minimum Gasteiger partial charge on any atom is -0.454 e. The number of rotatable bonds is 24. The lowest BCUT2D eigenvalue weighted by atomic mass is 10.0. The second kappa shape index (κ2) is 20.2. The van der Waals surface area contributed by atoms with Gasteiger partial charge in [-0.25, -0.2) is 19.7 Å². The van der Waals surface area contributed by atoms with Gasteiger partial charge in [0.1, 0.15) is 6.33 Å². The van der Waals surface area contributed by atoms with Crippen LogP contribution in [0.2, 0.25) is 0 Å². The SMILES string of the molecule is Cc1cc2c(cc1Sc1nc3c(N)ncnc3n1CCCCNCCOCCOCCOCCNC(=O)CCCCC1SCC3NC(=O)NC31)OCO2. The quantitative estimate of drug-likeness (QED) is 0.0658. The highest BCUT2D eigenvalue weighted by molar-refractivity contribution is 8.00. The number of hydrogen-bond donors (Lipinski definition) is 5. The Labute approximate surface area is 318 Å². The number of aryl methyl sites for hydroxylation is 2. The molecule has 3 aliphatic heterocycles. The Balaban J connectivity index is 0.738. The van der Waals surface area contributed by atoms with Crippen LogP contribution in [0.1, 0.15) is 44.1 Å². The van der Waals surface area contributed by atoms with Crippen LogP contribution in [0.25, 0.3) is 11.2 Å². The van der Waals surface area contributed by atoms with Gasteiger partial charge in [0, 0.05) is 42.0 Å². The summed E-state index contributed by atoms with van der Waals surface area (Å²) < 4.78 is 30.0. The van der Waals surface area contributed by atoms with Gasteiger partial charge in [0.25, 0.3) is 0 Å². The number of carbonyl (C=O) groups is 2. The van der Waals surface area contributed by atoms with Crippen molar-refractivity contribution in [1.29, 1.82) is 0 Å². The summed E-state index contributed by atoms with van der Waals surface area (Å²) in [6.07, 6.45) is 6.73. The third-order valence-corrected chi connectivity index (χ3v) is 11.9. The standard InChI is InChI=1S/C35H51N9O7S2/c1-23-18-25-26(51-22-50-25)19-28(23)53-35-43-31-32(36)39-21-40-33(31)44(35)11-5-4-8-37-9-12-47-14-16-49-17-15-48-13-10-38-29(45)7-3-2-6-27-30-24(20-52-27)41-34(46)42-30/h18-19,21,24,27,30,37H,2-17,20,22H2,1H3,(H,38,45)(H2,36,39,40)(H2,41,42,46). The molecule has 3 unspecified atom stereocenters. The maximum absolute atomic E-state index is 12.1. The topological polar surface area (TPSA) is 198 Å². The second-order valence-corrected chi connectivity index (χ2v) is 15.3. The summed E-state index contributed by atoms with van der Waals surface area (Å²) in [5.74, 6) is 2.87. The summed E-state index contributed by atoms with van der Waals surface area (Å²) in [5, 5.41) is 13.6. The highest BCUT2D eigenvalue weighted by Gasteiger charge is 2.42. The molecule has 6 N–H and O–H groups in total. The summed E-state index contributed by atoms with van der Waals surface area (Å²) in [5.41, 5.74) is 8.56. The Hall–Kier alpha value is -3.55. The molecule has 3 aromatic rings. The van der Waals surface area contributed by atoms with Gasteiger partial charge < -0.3 is 55.3 Å². The zero-order chi connectivity index (χ0) is 36.8. The molecule has 6 rings (SSSR count). The average Bonchev–Trinajstić information content (AvgIpc) is 3.93. The molecule has 3 amide bonds. The summed E-state index contributed by atoms with van der Waals surface area (Å²) in [6.45, 7) is 8.17. The van der Waals surface area contributed by atoms with Gasteiger partial charge in [-0.3, -0.25) is 4.79 Å². The third kappa shape index (κ3) is 11.2. The molecule has 0 aliphatic carbocycles. The van der Waals surface area contributed by atoms with Crippen LogP contribution in [0.3, 0.4) is 0 Å². The van der Waals surface area contributed by atoms with Crippen molar-refractivity contribution in [3.63, 3.8) is 0 Å². The molecule has 3 aliphatic rings. The first kappa shape index (κ1) is 39.2. The van der Waals surface area contributed by atoms with Crippen LogP contribution in [0.15, 0.2) is 28.5 Å². The first-order valence-electron chi connectivity index (χ1n) is 18.4. The van der Waals surface area contributed by atoms with Crippen LogP contribution in [0, 0.1) is 6.92 Å². The number of anilines is 1. The number of imidazole rings is 1. The fraction of sp³-hybridized carbons (Fsp3) is 0.629. The van der Waals surface area contributed by atoms with Crippen molar-refractivity contribution < 1.29 is 33.3 Å². The molecule has 2 saturated heterocycles. The van der Waals surface area contributed by atoms with Gasteiger partial charge in [-0.1, -0.05) is 18.2 Å². The number of benzene rings is 1. The predicted molar refractivity (Wildman–Crippen MR) is 203 cm³/mol. The molecule has 3 atom stereocenters. The maximum atomic E-state index is 12.1. The Bertz CT molecular complexity index is 1670. The maximum Gasteiger partial charge on any atom is 0.315 e. The number of ether oxygens (including phenoxy) is 5. The molecular weight excluding hydrogens is 723 g/mol. The van der Waals surface area contributed by atoms with Crippen molar-refractivity contribution in [3.8, 4) is 11.5 Å². The number of nitrogens with zero attached hydrogens (tertiary/aromatic N) is 4. The van der Waals surface area contributed by atoms with Crippen LogP contribution in [0.5, 0.6) is 11.5 Å². The van der Waals surface area contributed by atoms with E-state index < -0.39 is 0 Å². The molecule has 18 heteroatoms. The van der Waals surface area contributed by atoms with Crippen molar-refractivity contribution in [3.05, 3.63) is 24.0 Å².